The smallest absolute Gasteiger partial charge is 0.159 e. The number of aromatic nitrogens is 7. The maximum atomic E-state index is 5.32. The molecule has 0 atom stereocenters. The third-order valence-electron chi connectivity index (χ3n) is 5.51. The molecule has 9 heteroatoms. The molecule has 0 saturated heterocycles. The molecule has 9 nitrogen and oxygen atoms in total. The van der Waals surface area contributed by atoms with E-state index in [0.29, 0.717) is 23.8 Å². The van der Waals surface area contributed by atoms with Crippen LogP contribution in [-0.4, -0.2) is 54.5 Å². The second-order valence-corrected chi connectivity index (χ2v) is 7.50. The second kappa shape index (κ2) is 7.79. The highest BCUT2D eigenvalue weighted by molar-refractivity contribution is 6.21. The van der Waals surface area contributed by atoms with E-state index in [2.05, 4.69) is 30.1 Å². The summed E-state index contributed by atoms with van der Waals surface area (Å²) in [5.41, 5.74) is 5.88. The van der Waals surface area contributed by atoms with Crippen LogP contribution in [-0.2, 0) is 0 Å². The molecule has 5 aromatic rings. The molecule has 33 heavy (non-hydrogen) atoms. The molecule has 0 unspecified atom stereocenters. The quantitative estimate of drug-likeness (QED) is 0.446. The first-order valence-corrected chi connectivity index (χ1v) is 10.3. The number of aliphatic imine (C=N–C) groups is 1. The van der Waals surface area contributed by atoms with Gasteiger partial charge >= 0.3 is 0 Å². The van der Waals surface area contributed by atoms with Gasteiger partial charge < -0.3 is 9.72 Å². The van der Waals surface area contributed by atoms with Crippen molar-refractivity contribution in [3.63, 3.8) is 0 Å². The largest absolute Gasteiger partial charge is 0.495 e. The van der Waals surface area contributed by atoms with Gasteiger partial charge in [0.15, 0.2) is 5.82 Å². The molecule has 0 bridgehead atoms. The molecule has 0 saturated carbocycles. The molecule has 0 spiro atoms. The number of imidazole rings is 1. The van der Waals surface area contributed by atoms with Crippen LogP contribution in [0.25, 0.3) is 45.8 Å². The Kier molecular flexibility index (Phi) is 4.50. The molecule has 0 fully saturated rings. The second-order valence-electron chi connectivity index (χ2n) is 7.50. The SMILES string of the molecule is COc1cncc(C2=NCC=c3[nH]nc(-c4nc5c(-c6cccnc6)cncc5[nH]4)c3=C2)c1. The van der Waals surface area contributed by atoms with Crippen molar-refractivity contribution >= 4 is 28.9 Å². The average molecular weight is 434 g/mol. The molecule has 160 valence electrons. The van der Waals surface area contributed by atoms with E-state index in [-0.39, 0.29) is 0 Å². The fourth-order valence-corrected chi connectivity index (χ4v) is 3.89. The summed E-state index contributed by atoms with van der Waals surface area (Å²) in [5.74, 6) is 1.33. The van der Waals surface area contributed by atoms with E-state index in [1.807, 2.05) is 30.4 Å². The van der Waals surface area contributed by atoms with Crippen molar-refractivity contribution in [2.24, 2.45) is 4.99 Å². The number of H-pyrrole nitrogens is 2. The Morgan fingerprint density at radius 3 is 2.79 bits per heavy atom. The maximum Gasteiger partial charge on any atom is 0.159 e. The molecule has 6 rings (SSSR count). The fourth-order valence-electron chi connectivity index (χ4n) is 3.89. The Labute approximate surface area is 187 Å². The van der Waals surface area contributed by atoms with Gasteiger partial charge in [-0.15, -0.1) is 0 Å². The Hall–Kier alpha value is -4.66. The average Bonchev–Trinajstić information content (AvgIpc) is 3.41. The van der Waals surface area contributed by atoms with Crippen molar-refractivity contribution in [3.05, 3.63) is 71.5 Å². The van der Waals surface area contributed by atoms with E-state index in [1.54, 1.807) is 44.3 Å². The number of pyridine rings is 3. The van der Waals surface area contributed by atoms with Crippen LogP contribution in [0.2, 0.25) is 0 Å². The van der Waals surface area contributed by atoms with E-state index in [9.17, 15) is 0 Å². The Morgan fingerprint density at radius 1 is 1.00 bits per heavy atom. The van der Waals surface area contributed by atoms with Crippen LogP contribution in [0.5, 0.6) is 5.75 Å². The van der Waals surface area contributed by atoms with Gasteiger partial charge in [0.25, 0.3) is 0 Å². The van der Waals surface area contributed by atoms with Gasteiger partial charge in [0.1, 0.15) is 17.0 Å². The van der Waals surface area contributed by atoms with E-state index >= 15 is 0 Å². The van der Waals surface area contributed by atoms with Crippen molar-refractivity contribution < 1.29 is 4.74 Å². The van der Waals surface area contributed by atoms with Crippen LogP contribution in [0.1, 0.15) is 5.56 Å². The van der Waals surface area contributed by atoms with Crippen LogP contribution in [0.15, 0.2) is 60.4 Å². The highest BCUT2D eigenvalue weighted by Gasteiger charge is 2.16. The molecule has 0 radical (unpaired) electrons. The molecule has 5 aromatic heterocycles. The monoisotopic (exact) mass is 434 g/mol. The maximum absolute atomic E-state index is 5.32. The molecular formula is C24H18N8O. The minimum absolute atomic E-state index is 0.521. The lowest BCUT2D eigenvalue weighted by atomic mass is 10.1. The number of ether oxygens (including phenoxy) is 1. The first kappa shape index (κ1) is 19.1. The zero-order valence-corrected chi connectivity index (χ0v) is 17.6. The first-order valence-electron chi connectivity index (χ1n) is 10.3. The molecular weight excluding hydrogens is 416 g/mol. The Morgan fingerprint density at radius 2 is 1.91 bits per heavy atom. The van der Waals surface area contributed by atoms with Gasteiger partial charge in [0, 0.05) is 46.7 Å². The van der Waals surface area contributed by atoms with Crippen molar-refractivity contribution in [2.75, 3.05) is 13.7 Å². The number of fused-ring (bicyclic) bond motifs is 2. The van der Waals surface area contributed by atoms with Crippen LogP contribution >= 0.6 is 0 Å². The number of nitrogens with zero attached hydrogens (tertiary/aromatic N) is 6. The fraction of sp³-hybridized carbons (Fsp3) is 0.0833. The third kappa shape index (κ3) is 3.35. The number of hydrogen-bond donors (Lipinski definition) is 2. The first-order chi connectivity index (χ1) is 16.3. The molecule has 0 aliphatic carbocycles. The summed E-state index contributed by atoms with van der Waals surface area (Å²) >= 11 is 0. The number of rotatable bonds is 4. The lowest BCUT2D eigenvalue weighted by Gasteiger charge is -2.03. The van der Waals surface area contributed by atoms with Gasteiger partial charge in [0.2, 0.25) is 0 Å². The standard InChI is InChI=1S/C24H18N8O/c1-33-16-7-15(10-26-11-16)20-8-17-19(4-6-28-20)31-32-23(17)24-29-21-13-27-12-18(22(21)30-24)14-3-2-5-25-9-14/h2-5,7-13,31H,6H2,1H3,(H,29,30). The lowest BCUT2D eigenvalue weighted by molar-refractivity contribution is 0.413. The van der Waals surface area contributed by atoms with Crippen molar-refractivity contribution in [1.82, 2.24) is 35.1 Å². The van der Waals surface area contributed by atoms with Gasteiger partial charge in [-0.25, -0.2) is 4.98 Å². The van der Waals surface area contributed by atoms with E-state index in [0.717, 1.165) is 44.0 Å². The zero-order valence-electron chi connectivity index (χ0n) is 17.6. The van der Waals surface area contributed by atoms with Crippen molar-refractivity contribution in [1.29, 1.82) is 0 Å². The lowest BCUT2D eigenvalue weighted by Crippen LogP contribution is -2.24. The number of methoxy groups -OCH3 is 1. The molecule has 1 aliphatic rings. The zero-order chi connectivity index (χ0) is 22.2. The summed E-state index contributed by atoms with van der Waals surface area (Å²) in [6.45, 7) is 0.521. The Bertz CT molecular complexity index is 1630. The minimum Gasteiger partial charge on any atom is -0.495 e. The number of aromatic amines is 2. The highest BCUT2D eigenvalue weighted by atomic mass is 16.5. The summed E-state index contributed by atoms with van der Waals surface area (Å²) in [4.78, 5) is 25.8. The van der Waals surface area contributed by atoms with E-state index in [1.165, 1.54) is 0 Å². The predicted molar refractivity (Wildman–Crippen MR) is 125 cm³/mol. The van der Waals surface area contributed by atoms with Crippen LogP contribution in [0.3, 0.4) is 0 Å². The third-order valence-corrected chi connectivity index (χ3v) is 5.51. The summed E-state index contributed by atoms with van der Waals surface area (Å²) in [5, 5.41) is 9.47. The molecule has 0 aromatic carbocycles. The topological polar surface area (TPSA) is 118 Å². The molecule has 0 amide bonds. The van der Waals surface area contributed by atoms with Crippen LogP contribution < -0.4 is 15.3 Å². The summed E-state index contributed by atoms with van der Waals surface area (Å²) < 4.78 is 5.32. The van der Waals surface area contributed by atoms with Gasteiger partial charge in [0.05, 0.1) is 42.6 Å². The highest BCUT2D eigenvalue weighted by Crippen LogP contribution is 2.27. The summed E-state index contributed by atoms with van der Waals surface area (Å²) in [6.07, 6.45) is 14.6. The van der Waals surface area contributed by atoms with Crippen LogP contribution in [0, 0.1) is 0 Å². The van der Waals surface area contributed by atoms with Gasteiger partial charge in [-0.2, -0.15) is 5.10 Å². The van der Waals surface area contributed by atoms with E-state index in [4.69, 9.17) is 14.7 Å². The minimum atomic E-state index is 0.521. The number of nitrogens with one attached hydrogen (secondary N) is 2. The van der Waals surface area contributed by atoms with E-state index < -0.39 is 0 Å². The van der Waals surface area contributed by atoms with Gasteiger partial charge in [-0.1, -0.05) is 6.07 Å². The molecule has 2 N–H and O–H groups in total. The Balaban J connectivity index is 1.50. The molecule has 1 aliphatic heterocycles. The summed E-state index contributed by atoms with van der Waals surface area (Å²) in [6, 6.07) is 5.81. The summed E-state index contributed by atoms with van der Waals surface area (Å²) in [7, 11) is 1.62. The van der Waals surface area contributed by atoms with Crippen molar-refractivity contribution in [2.45, 2.75) is 0 Å². The van der Waals surface area contributed by atoms with Gasteiger partial charge in [-0.05, 0) is 24.3 Å². The predicted octanol–water partition coefficient (Wildman–Crippen LogP) is 1.88. The van der Waals surface area contributed by atoms with Crippen LogP contribution in [0.4, 0.5) is 0 Å². The van der Waals surface area contributed by atoms with Gasteiger partial charge in [-0.3, -0.25) is 25.0 Å². The normalized spacial score (nSPS) is 12.9. The molecule has 6 heterocycles. The van der Waals surface area contributed by atoms with Crippen molar-refractivity contribution in [3.8, 4) is 28.4 Å². The number of hydrogen-bond acceptors (Lipinski definition) is 7.